The van der Waals surface area contributed by atoms with E-state index in [0.29, 0.717) is 30.5 Å². The third-order valence-electron chi connectivity index (χ3n) is 6.80. The summed E-state index contributed by atoms with van der Waals surface area (Å²) in [6.07, 6.45) is 5.50. The lowest BCUT2D eigenvalue weighted by Crippen LogP contribution is -2.47. The zero-order chi connectivity index (χ0) is 21.7. The summed E-state index contributed by atoms with van der Waals surface area (Å²) < 4.78 is 11.6. The maximum Gasteiger partial charge on any atom is 0.339 e. The van der Waals surface area contributed by atoms with Gasteiger partial charge >= 0.3 is 5.63 Å². The highest BCUT2D eigenvalue weighted by molar-refractivity contribution is 5.97. The van der Waals surface area contributed by atoms with Gasteiger partial charge in [-0.3, -0.25) is 4.79 Å². The lowest BCUT2D eigenvalue weighted by molar-refractivity contribution is -0.310. The minimum atomic E-state index is -1.22. The van der Waals surface area contributed by atoms with Gasteiger partial charge in [-0.2, -0.15) is 0 Å². The van der Waals surface area contributed by atoms with Crippen LogP contribution in [0.3, 0.4) is 0 Å². The molecule has 0 spiro atoms. The van der Waals surface area contributed by atoms with Crippen molar-refractivity contribution in [2.45, 2.75) is 64.3 Å². The number of carboxylic acid groups (broad SMARTS) is 1. The fourth-order valence-corrected chi connectivity index (χ4v) is 5.12. The summed E-state index contributed by atoms with van der Waals surface area (Å²) in [6.45, 7) is 2.28. The molecule has 1 saturated heterocycles. The molecule has 1 atom stereocenters. The molecule has 3 aromatic rings. The molecular weight excluding hydrogens is 398 g/mol. The largest absolute Gasteiger partial charge is 0.548 e. The molecule has 0 saturated carbocycles. The number of furan rings is 1. The molecule has 0 unspecified atom stereocenters. The minimum Gasteiger partial charge on any atom is -0.548 e. The number of amides is 1. The van der Waals surface area contributed by atoms with E-state index in [1.54, 1.807) is 6.07 Å². The van der Waals surface area contributed by atoms with E-state index in [1.807, 2.05) is 13.0 Å². The van der Waals surface area contributed by atoms with E-state index in [9.17, 15) is 19.5 Å². The minimum absolute atomic E-state index is 0.0598. The topological polar surface area (TPSA) is 104 Å². The van der Waals surface area contributed by atoms with Crippen LogP contribution in [0.1, 0.15) is 54.6 Å². The summed E-state index contributed by atoms with van der Waals surface area (Å²) in [5.41, 5.74) is 3.26. The van der Waals surface area contributed by atoms with Gasteiger partial charge in [0.05, 0.1) is 12.0 Å². The monoisotopic (exact) mass is 422 g/mol. The van der Waals surface area contributed by atoms with Crippen molar-refractivity contribution >= 4 is 33.8 Å². The van der Waals surface area contributed by atoms with Gasteiger partial charge in [-0.1, -0.05) is 0 Å². The van der Waals surface area contributed by atoms with Gasteiger partial charge in [0.25, 0.3) is 0 Å². The Balaban J connectivity index is 1.47. The van der Waals surface area contributed by atoms with Crippen LogP contribution in [0.15, 0.2) is 25.8 Å². The fourth-order valence-electron chi connectivity index (χ4n) is 5.12. The van der Waals surface area contributed by atoms with Gasteiger partial charge < -0.3 is 23.6 Å². The molecule has 2 aromatic heterocycles. The fraction of sp³-hybridized carbons (Fsp3) is 0.458. The molecule has 0 bridgehead atoms. The van der Waals surface area contributed by atoms with E-state index < -0.39 is 17.6 Å². The Morgan fingerprint density at radius 3 is 2.68 bits per heavy atom. The van der Waals surface area contributed by atoms with E-state index in [0.717, 1.165) is 53.4 Å². The molecule has 3 heterocycles. The molecular formula is C24H24NO6-. The second-order valence-electron chi connectivity index (χ2n) is 8.61. The molecule has 0 N–H and O–H groups in total. The van der Waals surface area contributed by atoms with Gasteiger partial charge in [-0.25, -0.2) is 4.79 Å². The number of rotatable bonds is 4. The maximum absolute atomic E-state index is 12.7. The molecule has 1 aromatic carbocycles. The highest BCUT2D eigenvalue weighted by atomic mass is 16.4. The number of carbonyl (C=O) groups excluding carboxylic acids is 2. The van der Waals surface area contributed by atoms with Crippen LogP contribution in [-0.2, 0) is 28.9 Å². The third-order valence-corrected chi connectivity index (χ3v) is 6.80. The third kappa shape index (κ3) is 3.32. The molecule has 1 aliphatic carbocycles. The molecule has 2 aliphatic rings. The number of likely N-dealkylation sites (tertiary alicyclic amines) is 1. The normalized spacial score (nSPS) is 18.6. The van der Waals surface area contributed by atoms with Crippen LogP contribution in [-0.4, -0.2) is 29.4 Å². The van der Waals surface area contributed by atoms with Crippen molar-refractivity contribution in [3.05, 3.63) is 45.0 Å². The number of aryl methyl sites for hydroxylation is 3. The average Bonchev–Trinajstić information content (AvgIpc) is 3.37. The highest BCUT2D eigenvalue weighted by Crippen LogP contribution is 2.35. The summed E-state index contributed by atoms with van der Waals surface area (Å²) in [5, 5.41) is 13.2. The van der Waals surface area contributed by atoms with Crippen molar-refractivity contribution in [2.75, 3.05) is 6.54 Å². The quantitative estimate of drug-likeness (QED) is 0.598. The SMILES string of the molecule is Cc1c(CCC(=O)N2CCC[C@H]2C(=O)[O-])c(=O)oc2cc3oc4c(c3cc12)CCCC4. The van der Waals surface area contributed by atoms with Crippen molar-refractivity contribution in [1.82, 2.24) is 4.90 Å². The van der Waals surface area contributed by atoms with Gasteiger partial charge in [-0.05, 0) is 57.1 Å². The van der Waals surface area contributed by atoms with Gasteiger partial charge in [-0.15, -0.1) is 0 Å². The number of nitrogens with zero attached hydrogens (tertiary/aromatic N) is 1. The summed E-state index contributed by atoms with van der Waals surface area (Å²) in [6, 6.07) is 2.96. The van der Waals surface area contributed by atoms with Crippen LogP contribution in [0.5, 0.6) is 0 Å². The summed E-state index contributed by atoms with van der Waals surface area (Å²) >= 11 is 0. The van der Waals surface area contributed by atoms with Crippen molar-refractivity contribution in [2.24, 2.45) is 0 Å². The Morgan fingerprint density at radius 2 is 1.87 bits per heavy atom. The van der Waals surface area contributed by atoms with Crippen LogP contribution in [0.2, 0.25) is 0 Å². The van der Waals surface area contributed by atoms with Crippen molar-refractivity contribution in [1.29, 1.82) is 0 Å². The molecule has 1 aliphatic heterocycles. The predicted molar refractivity (Wildman–Crippen MR) is 112 cm³/mol. The summed E-state index contributed by atoms with van der Waals surface area (Å²) in [4.78, 5) is 37.9. The Labute approximate surface area is 178 Å². The van der Waals surface area contributed by atoms with Gasteiger partial charge in [0.15, 0.2) is 0 Å². The predicted octanol–water partition coefficient (Wildman–Crippen LogP) is 2.40. The van der Waals surface area contributed by atoms with Crippen molar-refractivity contribution < 1.29 is 23.5 Å². The van der Waals surface area contributed by atoms with Gasteiger partial charge in [0.2, 0.25) is 5.91 Å². The number of fused-ring (bicyclic) bond motifs is 4. The van der Waals surface area contributed by atoms with E-state index in [2.05, 4.69) is 0 Å². The number of hydrogen-bond donors (Lipinski definition) is 0. The Bertz CT molecular complexity index is 1270. The smallest absolute Gasteiger partial charge is 0.339 e. The van der Waals surface area contributed by atoms with Crippen LogP contribution >= 0.6 is 0 Å². The zero-order valence-corrected chi connectivity index (χ0v) is 17.5. The molecule has 5 rings (SSSR count). The first kappa shape index (κ1) is 19.8. The van der Waals surface area contributed by atoms with Gasteiger partial charge in [0, 0.05) is 47.4 Å². The zero-order valence-electron chi connectivity index (χ0n) is 17.5. The van der Waals surface area contributed by atoms with Gasteiger partial charge in [0.1, 0.15) is 16.9 Å². The second kappa shape index (κ2) is 7.55. The average molecular weight is 422 g/mol. The second-order valence-corrected chi connectivity index (χ2v) is 8.61. The first-order valence-electron chi connectivity index (χ1n) is 10.9. The molecule has 7 heteroatoms. The molecule has 1 fully saturated rings. The molecule has 1 amide bonds. The Hall–Kier alpha value is -3.09. The maximum atomic E-state index is 12.7. The number of aliphatic carboxylic acids is 1. The van der Waals surface area contributed by atoms with E-state index in [1.165, 1.54) is 10.5 Å². The van der Waals surface area contributed by atoms with Crippen LogP contribution in [0.25, 0.3) is 21.9 Å². The number of hydrogen-bond acceptors (Lipinski definition) is 6. The molecule has 0 radical (unpaired) electrons. The Kier molecular flexibility index (Phi) is 4.84. The Morgan fingerprint density at radius 1 is 1.10 bits per heavy atom. The summed E-state index contributed by atoms with van der Waals surface area (Å²) in [5.74, 6) is -0.472. The molecule has 162 valence electrons. The standard InChI is InChI=1S/C24H25NO6/c1-13-14(8-9-22(26)25-10-4-6-18(25)23(27)28)24(29)31-20-12-21-17(11-16(13)20)15-5-2-3-7-19(15)30-21/h11-12,18H,2-10H2,1H3,(H,27,28)/p-1/t18-/m0/s1. The van der Waals surface area contributed by atoms with Crippen molar-refractivity contribution in [3.63, 3.8) is 0 Å². The molecule has 7 nitrogen and oxygen atoms in total. The van der Waals surface area contributed by atoms with E-state index in [-0.39, 0.29) is 18.7 Å². The van der Waals surface area contributed by atoms with E-state index in [4.69, 9.17) is 8.83 Å². The number of carbonyl (C=O) groups is 2. The number of benzene rings is 1. The van der Waals surface area contributed by atoms with Crippen LogP contribution < -0.4 is 10.7 Å². The number of carboxylic acids is 1. The van der Waals surface area contributed by atoms with Crippen LogP contribution in [0.4, 0.5) is 0 Å². The first-order chi connectivity index (χ1) is 14.9. The van der Waals surface area contributed by atoms with Crippen LogP contribution in [0, 0.1) is 6.92 Å². The first-order valence-corrected chi connectivity index (χ1v) is 10.9. The highest BCUT2D eigenvalue weighted by Gasteiger charge is 2.29. The molecule has 31 heavy (non-hydrogen) atoms. The van der Waals surface area contributed by atoms with E-state index >= 15 is 0 Å². The lowest BCUT2D eigenvalue weighted by Gasteiger charge is -2.25. The lowest BCUT2D eigenvalue weighted by atomic mass is 9.94. The van der Waals surface area contributed by atoms with Crippen molar-refractivity contribution in [3.8, 4) is 0 Å². The summed E-state index contributed by atoms with van der Waals surface area (Å²) in [7, 11) is 0.